The second kappa shape index (κ2) is 6.80. The highest BCUT2D eigenvalue weighted by atomic mass is 16.5. The second-order valence-electron chi connectivity index (χ2n) is 5.87. The van der Waals surface area contributed by atoms with Gasteiger partial charge in [-0.3, -0.25) is 4.68 Å². The van der Waals surface area contributed by atoms with Gasteiger partial charge in [-0.1, -0.05) is 13.8 Å². The van der Waals surface area contributed by atoms with E-state index in [1.54, 1.807) is 6.20 Å². The summed E-state index contributed by atoms with van der Waals surface area (Å²) in [5.41, 5.74) is 1.08. The molecule has 2 heterocycles. The third kappa shape index (κ3) is 4.36. The number of hydrogen-bond acceptors (Lipinski definition) is 4. The molecular weight excluding hydrogens is 266 g/mol. The van der Waals surface area contributed by atoms with Crippen molar-refractivity contribution in [2.75, 3.05) is 0 Å². The second-order valence-corrected chi connectivity index (χ2v) is 5.87. The van der Waals surface area contributed by atoms with Gasteiger partial charge in [-0.05, 0) is 26.8 Å². The van der Waals surface area contributed by atoms with Crippen molar-refractivity contribution in [2.45, 2.75) is 59.9 Å². The fraction of sp³-hybridized carbons (Fsp3) is 0.562. The predicted octanol–water partition coefficient (Wildman–Crippen LogP) is 3.44. The highest BCUT2D eigenvalue weighted by Crippen LogP contribution is 2.19. The summed E-state index contributed by atoms with van der Waals surface area (Å²) in [4.78, 5) is 0. The fourth-order valence-electron chi connectivity index (χ4n) is 1.96. The van der Waals surface area contributed by atoms with E-state index >= 15 is 0 Å². The summed E-state index contributed by atoms with van der Waals surface area (Å²) in [7, 11) is 0. The Morgan fingerprint density at radius 3 is 2.71 bits per heavy atom. The maximum Gasteiger partial charge on any atom is 0.157 e. The molecule has 2 rings (SSSR count). The molecule has 0 radical (unpaired) electrons. The quantitative estimate of drug-likeness (QED) is 0.849. The number of aromatic nitrogens is 2. The molecule has 0 bridgehead atoms. The Kier molecular flexibility index (Phi) is 5.07. The van der Waals surface area contributed by atoms with E-state index in [4.69, 9.17) is 9.15 Å². The van der Waals surface area contributed by atoms with Crippen molar-refractivity contribution in [1.82, 2.24) is 15.1 Å². The first kappa shape index (κ1) is 15.6. The van der Waals surface area contributed by atoms with Crippen molar-refractivity contribution in [2.24, 2.45) is 0 Å². The van der Waals surface area contributed by atoms with Crippen molar-refractivity contribution in [1.29, 1.82) is 0 Å². The third-order valence-corrected chi connectivity index (χ3v) is 3.26. The first-order valence-electron chi connectivity index (χ1n) is 7.44. The molecule has 5 heteroatoms. The fourth-order valence-corrected chi connectivity index (χ4v) is 1.96. The van der Waals surface area contributed by atoms with Crippen molar-refractivity contribution < 1.29 is 9.15 Å². The number of rotatable bonds is 7. The molecule has 0 fully saturated rings. The average molecular weight is 291 g/mol. The van der Waals surface area contributed by atoms with E-state index in [1.165, 1.54) is 0 Å². The maximum absolute atomic E-state index is 5.78. The predicted molar refractivity (Wildman–Crippen MR) is 82.4 cm³/mol. The molecule has 0 aliphatic heterocycles. The highest BCUT2D eigenvalue weighted by Gasteiger charge is 2.09. The van der Waals surface area contributed by atoms with Crippen LogP contribution in [0.25, 0.3) is 0 Å². The zero-order valence-electron chi connectivity index (χ0n) is 13.5. The minimum atomic E-state index is 0.340. The highest BCUT2D eigenvalue weighted by molar-refractivity contribution is 5.21. The minimum Gasteiger partial charge on any atom is -0.485 e. The molecule has 116 valence electrons. The Hall–Kier alpha value is -1.75. The molecule has 0 unspecified atom stereocenters. The number of aryl methyl sites for hydroxylation is 1. The summed E-state index contributed by atoms with van der Waals surface area (Å²) in [5.74, 6) is 2.63. The van der Waals surface area contributed by atoms with E-state index in [9.17, 15) is 0 Å². The molecule has 1 N–H and O–H groups in total. The van der Waals surface area contributed by atoms with E-state index < -0.39 is 0 Å². The van der Waals surface area contributed by atoms with Gasteiger partial charge >= 0.3 is 0 Å². The molecule has 0 amide bonds. The molecule has 0 aliphatic carbocycles. The van der Waals surface area contributed by atoms with Crippen LogP contribution in [0.4, 0.5) is 0 Å². The lowest BCUT2D eigenvalue weighted by molar-refractivity contribution is 0.302. The average Bonchev–Trinajstić information content (AvgIpc) is 3.01. The molecule has 0 aliphatic rings. The molecule has 2 aromatic heterocycles. The Morgan fingerprint density at radius 1 is 1.33 bits per heavy atom. The number of nitrogens with zero attached hydrogens (tertiary/aromatic N) is 2. The Bertz CT molecular complexity index is 570. The van der Waals surface area contributed by atoms with Gasteiger partial charge in [0, 0.05) is 17.6 Å². The molecule has 2 aromatic rings. The smallest absolute Gasteiger partial charge is 0.157 e. The van der Waals surface area contributed by atoms with Crippen LogP contribution in [0.15, 0.2) is 22.9 Å². The zero-order valence-corrected chi connectivity index (χ0v) is 13.5. The van der Waals surface area contributed by atoms with Crippen LogP contribution in [-0.4, -0.2) is 15.8 Å². The molecule has 21 heavy (non-hydrogen) atoms. The molecule has 0 aromatic carbocycles. The van der Waals surface area contributed by atoms with Crippen LogP contribution in [0.1, 0.15) is 50.8 Å². The largest absolute Gasteiger partial charge is 0.485 e. The SMILES string of the molecule is Cc1oc(CNC(C)C)cc1COc1cnn(C(C)C)c1. The van der Waals surface area contributed by atoms with E-state index in [0.717, 1.165) is 29.4 Å². The Morgan fingerprint density at radius 2 is 2.10 bits per heavy atom. The van der Waals surface area contributed by atoms with Gasteiger partial charge in [0.25, 0.3) is 0 Å². The van der Waals surface area contributed by atoms with Crippen molar-refractivity contribution in [3.8, 4) is 5.75 Å². The lowest BCUT2D eigenvalue weighted by Crippen LogP contribution is -2.21. The summed E-state index contributed by atoms with van der Waals surface area (Å²) in [6.07, 6.45) is 3.66. The standard InChI is InChI=1S/C16H25N3O2/c1-11(2)17-7-15-6-14(13(5)21-15)10-20-16-8-18-19(9-16)12(3)4/h6,8-9,11-12,17H,7,10H2,1-5H3. The van der Waals surface area contributed by atoms with Gasteiger partial charge in [-0.25, -0.2) is 0 Å². The van der Waals surface area contributed by atoms with Gasteiger partial charge in [0.1, 0.15) is 18.1 Å². The van der Waals surface area contributed by atoms with Crippen LogP contribution in [0.5, 0.6) is 5.75 Å². The van der Waals surface area contributed by atoms with Crippen LogP contribution in [0.2, 0.25) is 0 Å². The number of nitrogens with one attached hydrogen (secondary N) is 1. The molecule has 0 saturated heterocycles. The van der Waals surface area contributed by atoms with E-state index in [-0.39, 0.29) is 0 Å². The molecular formula is C16H25N3O2. The first-order valence-corrected chi connectivity index (χ1v) is 7.44. The van der Waals surface area contributed by atoms with Crippen molar-refractivity contribution in [3.63, 3.8) is 0 Å². The summed E-state index contributed by atoms with van der Waals surface area (Å²) in [5, 5.41) is 7.61. The number of ether oxygens (including phenoxy) is 1. The lowest BCUT2D eigenvalue weighted by Gasteiger charge is -2.04. The molecule has 0 saturated carbocycles. The zero-order chi connectivity index (χ0) is 15.4. The van der Waals surface area contributed by atoms with Gasteiger partial charge < -0.3 is 14.5 Å². The lowest BCUT2D eigenvalue weighted by atomic mass is 10.2. The minimum absolute atomic E-state index is 0.340. The third-order valence-electron chi connectivity index (χ3n) is 3.26. The molecule has 5 nitrogen and oxygen atoms in total. The number of hydrogen-bond donors (Lipinski definition) is 1. The Balaban J connectivity index is 1.93. The van der Waals surface area contributed by atoms with Gasteiger partial charge in [-0.15, -0.1) is 0 Å². The van der Waals surface area contributed by atoms with Crippen LogP contribution >= 0.6 is 0 Å². The van der Waals surface area contributed by atoms with Gasteiger partial charge in [0.15, 0.2) is 5.75 Å². The summed E-state index contributed by atoms with van der Waals surface area (Å²) in [6.45, 7) is 11.6. The van der Waals surface area contributed by atoms with E-state index in [1.807, 2.05) is 17.8 Å². The molecule has 0 atom stereocenters. The topological polar surface area (TPSA) is 52.2 Å². The summed E-state index contributed by atoms with van der Waals surface area (Å²) in [6, 6.07) is 2.83. The number of furan rings is 1. The first-order chi connectivity index (χ1) is 9.95. The van der Waals surface area contributed by atoms with E-state index in [0.29, 0.717) is 18.7 Å². The normalized spacial score (nSPS) is 11.6. The van der Waals surface area contributed by atoms with Gasteiger partial charge in [0.05, 0.1) is 18.9 Å². The Labute approximate surface area is 126 Å². The van der Waals surface area contributed by atoms with Crippen LogP contribution in [-0.2, 0) is 13.2 Å². The van der Waals surface area contributed by atoms with Crippen molar-refractivity contribution in [3.05, 3.63) is 35.5 Å². The molecule has 0 spiro atoms. The maximum atomic E-state index is 5.78. The van der Waals surface area contributed by atoms with Crippen molar-refractivity contribution >= 4 is 0 Å². The summed E-state index contributed by atoms with van der Waals surface area (Å²) < 4.78 is 13.4. The van der Waals surface area contributed by atoms with E-state index in [2.05, 4.69) is 44.2 Å². The summed E-state index contributed by atoms with van der Waals surface area (Å²) >= 11 is 0. The van der Waals surface area contributed by atoms with Crippen LogP contribution < -0.4 is 10.1 Å². The van der Waals surface area contributed by atoms with Crippen LogP contribution in [0.3, 0.4) is 0 Å². The van der Waals surface area contributed by atoms with Crippen LogP contribution in [0, 0.1) is 6.92 Å². The van der Waals surface area contributed by atoms with Gasteiger partial charge in [0.2, 0.25) is 0 Å². The monoisotopic (exact) mass is 291 g/mol. The van der Waals surface area contributed by atoms with Gasteiger partial charge in [-0.2, -0.15) is 5.10 Å².